The van der Waals surface area contributed by atoms with Gasteiger partial charge in [0, 0.05) is 28.3 Å². The van der Waals surface area contributed by atoms with Gasteiger partial charge in [0.2, 0.25) is 6.36 Å². The third-order valence-corrected chi connectivity index (χ3v) is 4.41. The molecule has 0 fully saturated rings. The Morgan fingerprint density at radius 3 is 2.39 bits per heavy atom. The van der Waals surface area contributed by atoms with E-state index >= 15 is 0 Å². The average molecular weight is 338 g/mol. The van der Waals surface area contributed by atoms with E-state index in [2.05, 4.69) is 0 Å². The highest BCUT2D eigenvalue weighted by Gasteiger charge is 2.41. The lowest BCUT2D eigenvalue weighted by Gasteiger charge is -2.21. The van der Waals surface area contributed by atoms with Crippen LogP contribution in [-0.2, 0) is 14.3 Å². The number of hydrogen-bond donors (Lipinski definition) is 0. The van der Waals surface area contributed by atoms with Crippen molar-refractivity contribution in [1.82, 2.24) is 0 Å². The summed E-state index contributed by atoms with van der Waals surface area (Å²) in [7, 11) is 0. The van der Waals surface area contributed by atoms with Crippen LogP contribution in [0.4, 0.5) is 10.1 Å². The predicted octanol–water partition coefficient (Wildman–Crippen LogP) is 4.09. The first-order chi connectivity index (χ1) is 11.0. The number of amides is 2. The fourth-order valence-electron chi connectivity index (χ4n) is 3.11. The summed E-state index contributed by atoms with van der Waals surface area (Å²) in [5, 5.41) is 0.322. The summed E-state index contributed by atoms with van der Waals surface area (Å²) in [5.41, 5.74) is 1.43. The third-order valence-electron chi connectivity index (χ3n) is 4.18. The van der Waals surface area contributed by atoms with Crippen molar-refractivity contribution in [2.45, 2.75) is 39.0 Å². The molecule has 0 saturated carbocycles. The molecule has 0 N–H and O–H groups in total. The van der Waals surface area contributed by atoms with Crippen LogP contribution in [0.15, 0.2) is 29.3 Å². The number of carbonyl (C=O) groups excluding carboxylic acids is 2. The van der Waals surface area contributed by atoms with Crippen LogP contribution in [0, 0.1) is 0 Å². The van der Waals surface area contributed by atoms with Gasteiger partial charge in [-0.3, -0.25) is 9.59 Å². The largest absolute Gasteiger partial charge is 0.345 e. The SMILES string of the molecule is CCOC(F)c1cc(Cl)ccc1N1C(=O)C2=C(CCCC2)C1=O. The normalized spacial score (nSPS) is 19.3. The molecular formula is C17H17ClFNO3. The lowest BCUT2D eigenvalue weighted by atomic mass is 9.93. The van der Waals surface area contributed by atoms with Gasteiger partial charge in [0.25, 0.3) is 11.8 Å². The van der Waals surface area contributed by atoms with Gasteiger partial charge in [-0.1, -0.05) is 11.6 Å². The van der Waals surface area contributed by atoms with Crippen molar-refractivity contribution in [3.05, 3.63) is 39.9 Å². The Bertz CT molecular complexity index is 673. The van der Waals surface area contributed by atoms with E-state index < -0.39 is 6.36 Å². The predicted molar refractivity (Wildman–Crippen MR) is 84.9 cm³/mol. The van der Waals surface area contributed by atoms with Gasteiger partial charge in [-0.2, -0.15) is 0 Å². The number of ether oxygens (including phenoxy) is 1. The quantitative estimate of drug-likeness (QED) is 0.777. The first kappa shape index (κ1) is 16.1. The minimum Gasteiger partial charge on any atom is -0.345 e. The van der Waals surface area contributed by atoms with Crippen molar-refractivity contribution in [3.63, 3.8) is 0 Å². The topological polar surface area (TPSA) is 46.6 Å². The summed E-state index contributed by atoms with van der Waals surface area (Å²) in [6, 6.07) is 4.43. The minimum absolute atomic E-state index is 0.0981. The van der Waals surface area contributed by atoms with Crippen LogP contribution in [0.1, 0.15) is 44.5 Å². The molecule has 1 aromatic rings. The van der Waals surface area contributed by atoms with Crippen LogP contribution in [0.3, 0.4) is 0 Å². The van der Waals surface area contributed by atoms with Gasteiger partial charge in [0.1, 0.15) is 0 Å². The van der Waals surface area contributed by atoms with Crippen molar-refractivity contribution >= 4 is 29.1 Å². The molecule has 4 nitrogen and oxygen atoms in total. The second-order valence-electron chi connectivity index (χ2n) is 5.58. The molecule has 0 radical (unpaired) electrons. The zero-order valence-corrected chi connectivity index (χ0v) is 13.5. The van der Waals surface area contributed by atoms with E-state index in [1.807, 2.05) is 0 Å². The zero-order valence-electron chi connectivity index (χ0n) is 12.8. The monoisotopic (exact) mass is 337 g/mol. The van der Waals surface area contributed by atoms with Gasteiger partial charge in [-0.15, -0.1) is 0 Å². The van der Waals surface area contributed by atoms with E-state index in [4.69, 9.17) is 16.3 Å². The Morgan fingerprint density at radius 2 is 1.83 bits per heavy atom. The Balaban J connectivity index is 2.03. The molecule has 6 heteroatoms. The molecule has 1 aromatic carbocycles. The van der Waals surface area contributed by atoms with Crippen LogP contribution in [0.2, 0.25) is 5.02 Å². The van der Waals surface area contributed by atoms with Gasteiger partial charge >= 0.3 is 0 Å². The Kier molecular flexibility index (Phi) is 4.50. The molecule has 23 heavy (non-hydrogen) atoms. The van der Waals surface area contributed by atoms with Crippen LogP contribution in [-0.4, -0.2) is 18.4 Å². The van der Waals surface area contributed by atoms with Crippen LogP contribution in [0.5, 0.6) is 0 Å². The van der Waals surface area contributed by atoms with E-state index in [-0.39, 0.29) is 29.7 Å². The number of carbonyl (C=O) groups is 2. The van der Waals surface area contributed by atoms with Gasteiger partial charge in [0.15, 0.2) is 0 Å². The second-order valence-corrected chi connectivity index (χ2v) is 6.02. The summed E-state index contributed by atoms with van der Waals surface area (Å²) in [6.07, 6.45) is 1.24. The number of nitrogens with zero attached hydrogens (tertiary/aromatic N) is 1. The lowest BCUT2D eigenvalue weighted by Crippen LogP contribution is -2.32. The maximum absolute atomic E-state index is 14.3. The smallest absolute Gasteiger partial charge is 0.261 e. The number of rotatable bonds is 4. The third kappa shape index (κ3) is 2.79. The fourth-order valence-corrected chi connectivity index (χ4v) is 3.29. The Hall–Kier alpha value is -1.72. The molecule has 1 heterocycles. The molecule has 2 aliphatic rings. The standard InChI is InChI=1S/C17H17ClFNO3/c1-2-23-15(19)13-9-10(18)7-8-14(13)20-16(21)11-5-3-4-6-12(11)17(20)22/h7-9,15H,2-6H2,1H3. The first-order valence-corrected chi connectivity index (χ1v) is 8.08. The summed E-state index contributed by atoms with van der Waals surface area (Å²) >= 11 is 5.94. The number of anilines is 1. The maximum atomic E-state index is 14.3. The number of alkyl halides is 1. The summed E-state index contributed by atoms with van der Waals surface area (Å²) in [6.45, 7) is 1.84. The average Bonchev–Trinajstić information content (AvgIpc) is 2.80. The molecule has 0 saturated heterocycles. The summed E-state index contributed by atoms with van der Waals surface area (Å²) in [4.78, 5) is 26.3. The van der Waals surface area contributed by atoms with Gasteiger partial charge in [-0.05, 0) is 50.8 Å². The molecule has 0 spiro atoms. The molecule has 1 aliphatic heterocycles. The number of benzene rings is 1. The fraction of sp³-hybridized carbons (Fsp3) is 0.412. The second kappa shape index (κ2) is 6.42. The van der Waals surface area contributed by atoms with Crippen LogP contribution >= 0.6 is 11.6 Å². The van der Waals surface area contributed by atoms with E-state index in [0.717, 1.165) is 17.7 Å². The van der Waals surface area contributed by atoms with E-state index in [1.54, 1.807) is 6.92 Å². The molecule has 0 aromatic heterocycles. The van der Waals surface area contributed by atoms with Crippen molar-refractivity contribution in [2.24, 2.45) is 0 Å². The molecule has 1 unspecified atom stereocenters. The van der Waals surface area contributed by atoms with Crippen molar-refractivity contribution < 1.29 is 18.7 Å². The molecular weight excluding hydrogens is 321 g/mol. The van der Waals surface area contributed by atoms with Gasteiger partial charge < -0.3 is 4.74 Å². The zero-order chi connectivity index (χ0) is 16.6. The van der Waals surface area contributed by atoms with E-state index in [1.165, 1.54) is 18.2 Å². The summed E-state index contributed by atoms with van der Waals surface area (Å²) in [5.74, 6) is -0.700. The Morgan fingerprint density at radius 1 is 1.22 bits per heavy atom. The van der Waals surface area contributed by atoms with Crippen LogP contribution < -0.4 is 4.90 Å². The molecule has 122 valence electrons. The van der Waals surface area contributed by atoms with E-state index in [9.17, 15) is 14.0 Å². The number of hydrogen-bond acceptors (Lipinski definition) is 3. The number of imide groups is 1. The highest BCUT2D eigenvalue weighted by atomic mass is 35.5. The minimum atomic E-state index is -1.74. The van der Waals surface area contributed by atoms with Crippen molar-refractivity contribution in [2.75, 3.05) is 11.5 Å². The molecule has 1 atom stereocenters. The first-order valence-electron chi connectivity index (χ1n) is 7.70. The van der Waals surface area contributed by atoms with Gasteiger partial charge in [0.05, 0.1) is 5.69 Å². The van der Waals surface area contributed by atoms with E-state index in [0.29, 0.717) is 29.0 Å². The molecule has 0 bridgehead atoms. The number of halogens is 2. The van der Waals surface area contributed by atoms with Gasteiger partial charge in [-0.25, -0.2) is 9.29 Å². The molecule has 1 aliphatic carbocycles. The molecule has 2 amide bonds. The van der Waals surface area contributed by atoms with Crippen molar-refractivity contribution in [3.8, 4) is 0 Å². The Labute approximate surface area is 138 Å². The van der Waals surface area contributed by atoms with Crippen molar-refractivity contribution in [1.29, 1.82) is 0 Å². The highest BCUT2D eigenvalue weighted by molar-refractivity contribution is 6.34. The molecule has 3 rings (SSSR count). The maximum Gasteiger partial charge on any atom is 0.261 e. The lowest BCUT2D eigenvalue weighted by molar-refractivity contribution is -0.120. The van der Waals surface area contributed by atoms with Crippen LogP contribution in [0.25, 0.3) is 0 Å². The highest BCUT2D eigenvalue weighted by Crippen LogP contribution is 2.39. The summed E-state index contributed by atoms with van der Waals surface area (Å²) < 4.78 is 19.3.